The molecule has 5 heteroatoms. The monoisotopic (exact) mass is 352 g/mol. The lowest BCUT2D eigenvalue weighted by Crippen LogP contribution is -2.53. The Morgan fingerprint density at radius 3 is 2.62 bits per heavy atom. The first kappa shape index (κ1) is 18.4. The minimum absolute atomic E-state index is 0.516. The van der Waals surface area contributed by atoms with Crippen molar-refractivity contribution in [1.82, 2.24) is 15.1 Å². The zero-order valence-corrected chi connectivity index (χ0v) is 16.5. The first-order valence-corrected chi connectivity index (χ1v) is 11.0. The lowest BCUT2D eigenvalue weighted by Gasteiger charge is -2.45. The number of hydrogen-bond donors (Lipinski definition) is 1. The summed E-state index contributed by atoms with van der Waals surface area (Å²) in [7, 11) is 4.19. The Kier molecular flexibility index (Phi) is 6.73. The summed E-state index contributed by atoms with van der Waals surface area (Å²) in [5.74, 6) is 3.30. The molecule has 0 atom stereocenters. The number of hydrogen-bond acceptors (Lipinski definition) is 3. The van der Waals surface area contributed by atoms with E-state index in [1.54, 1.807) is 0 Å². The van der Waals surface area contributed by atoms with Crippen LogP contribution in [0.3, 0.4) is 0 Å². The van der Waals surface area contributed by atoms with Crippen molar-refractivity contribution in [2.45, 2.75) is 56.1 Å². The van der Waals surface area contributed by atoms with Gasteiger partial charge in [0, 0.05) is 37.2 Å². The third-order valence-corrected chi connectivity index (χ3v) is 7.73. The molecule has 0 unspecified atom stereocenters. The molecule has 3 aliphatic rings. The summed E-state index contributed by atoms with van der Waals surface area (Å²) in [6, 6.07) is 0. The normalized spacial score (nSPS) is 26.8. The van der Waals surface area contributed by atoms with Gasteiger partial charge >= 0.3 is 0 Å². The highest BCUT2D eigenvalue weighted by molar-refractivity contribution is 8.00. The summed E-state index contributed by atoms with van der Waals surface area (Å²) in [6.45, 7) is 5.97. The van der Waals surface area contributed by atoms with E-state index in [-0.39, 0.29) is 0 Å². The predicted octanol–water partition coefficient (Wildman–Crippen LogP) is 3.05. The van der Waals surface area contributed by atoms with E-state index < -0.39 is 0 Å². The van der Waals surface area contributed by atoms with Gasteiger partial charge in [0.25, 0.3) is 0 Å². The number of piperidine rings is 1. The zero-order valence-electron chi connectivity index (χ0n) is 15.7. The van der Waals surface area contributed by atoms with Crippen molar-refractivity contribution in [2.75, 3.05) is 52.6 Å². The number of aliphatic imine (C=N–C) groups is 1. The molecular formula is C19H36N4S. The molecule has 1 spiro atoms. The number of rotatable bonds is 3. The Hall–Kier alpha value is -0.420. The minimum Gasteiger partial charge on any atom is -0.356 e. The molecule has 0 bridgehead atoms. The lowest BCUT2D eigenvalue weighted by atomic mass is 9.87. The Labute approximate surface area is 152 Å². The van der Waals surface area contributed by atoms with E-state index in [9.17, 15) is 0 Å². The van der Waals surface area contributed by atoms with Crippen molar-refractivity contribution in [3.63, 3.8) is 0 Å². The van der Waals surface area contributed by atoms with Gasteiger partial charge in [0.2, 0.25) is 0 Å². The van der Waals surface area contributed by atoms with E-state index in [4.69, 9.17) is 0 Å². The smallest absolute Gasteiger partial charge is 0.193 e. The Bertz CT molecular complexity index is 406. The van der Waals surface area contributed by atoms with Crippen LogP contribution >= 0.6 is 11.8 Å². The standard InChI is InChI=1S/C19H36N4S/c1-20-18(21-11-6-17-7-12-22(2)13-8-17)23-14-15-24-19(16-23)9-4-3-5-10-19/h17H,3-16H2,1-2H3,(H,20,21). The fourth-order valence-electron chi connectivity index (χ4n) is 4.60. The second kappa shape index (κ2) is 8.79. The molecule has 3 rings (SSSR count). The number of guanidine groups is 1. The molecule has 1 N–H and O–H groups in total. The van der Waals surface area contributed by atoms with Gasteiger partial charge in [-0.2, -0.15) is 11.8 Å². The van der Waals surface area contributed by atoms with Crippen LogP contribution in [0.4, 0.5) is 0 Å². The average Bonchev–Trinajstić information content (AvgIpc) is 2.61. The molecule has 2 saturated heterocycles. The first-order chi connectivity index (χ1) is 11.7. The molecule has 1 saturated carbocycles. The second-order valence-electron chi connectivity index (χ2n) is 8.02. The molecule has 0 radical (unpaired) electrons. The summed E-state index contributed by atoms with van der Waals surface area (Å²) in [5.41, 5.74) is 0. The van der Waals surface area contributed by atoms with Crippen LogP contribution in [0.1, 0.15) is 51.4 Å². The third-order valence-electron chi connectivity index (χ3n) is 6.20. The highest BCUT2D eigenvalue weighted by atomic mass is 32.2. The fourth-order valence-corrected chi connectivity index (χ4v) is 6.16. The quantitative estimate of drug-likeness (QED) is 0.625. The third kappa shape index (κ3) is 4.81. The second-order valence-corrected chi connectivity index (χ2v) is 9.59. The van der Waals surface area contributed by atoms with Gasteiger partial charge in [-0.3, -0.25) is 4.99 Å². The Morgan fingerprint density at radius 1 is 1.17 bits per heavy atom. The highest BCUT2D eigenvalue weighted by Gasteiger charge is 2.38. The molecule has 0 amide bonds. The molecule has 4 nitrogen and oxygen atoms in total. The maximum atomic E-state index is 4.60. The van der Waals surface area contributed by atoms with E-state index in [0.717, 1.165) is 25.0 Å². The summed E-state index contributed by atoms with van der Waals surface area (Å²) >= 11 is 2.24. The van der Waals surface area contributed by atoms with Crippen LogP contribution in [0.5, 0.6) is 0 Å². The molecule has 0 aromatic heterocycles. The van der Waals surface area contributed by atoms with E-state index in [0.29, 0.717) is 4.75 Å². The molecule has 2 heterocycles. The van der Waals surface area contributed by atoms with Crippen LogP contribution in [0.15, 0.2) is 4.99 Å². The first-order valence-electron chi connectivity index (χ1n) is 9.99. The summed E-state index contributed by atoms with van der Waals surface area (Å²) in [4.78, 5) is 9.59. The van der Waals surface area contributed by atoms with E-state index >= 15 is 0 Å². The van der Waals surface area contributed by atoms with Gasteiger partial charge < -0.3 is 15.1 Å². The minimum atomic E-state index is 0.516. The summed E-state index contributed by atoms with van der Waals surface area (Å²) in [5, 5.41) is 3.67. The van der Waals surface area contributed by atoms with Crippen LogP contribution in [0, 0.1) is 5.92 Å². The van der Waals surface area contributed by atoms with E-state index in [2.05, 4.69) is 38.9 Å². The number of nitrogens with one attached hydrogen (secondary N) is 1. The van der Waals surface area contributed by atoms with Gasteiger partial charge in [0.05, 0.1) is 0 Å². The van der Waals surface area contributed by atoms with Gasteiger partial charge in [0.1, 0.15) is 0 Å². The summed E-state index contributed by atoms with van der Waals surface area (Å²) < 4.78 is 0.516. The van der Waals surface area contributed by atoms with Gasteiger partial charge in [-0.1, -0.05) is 19.3 Å². The van der Waals surface area contributed by atoms with Crippen LogP contribution in [-0.2, 0) is 0 Å². The summed E-state index contributed by atoms with van der Waals surface area (Å²) in [6.07, 6.45) is 11.1. The highest BCUT2D eigenvalue weighted by Crippen LogP contribution is 2.42. The molecule has 2 aliphatic heterocycles. The average molecular weight is 353 g/mol. The molecule has 138 valence electrons. The number of likely N-dealkylation sites (tertiary alicyclic amines) is 1. The largest absolute Gasteiger partial charge is 0.356 e. The van der Waals surface area contributed by atoms with Crippen molar-refractivity contribution in [3.8, 4) is 0 Å². The molecule has 1 aliphatic carbocycles. The van der Waals surface area contributed by atoms with Crippen molar-refractivity contribution < 1.29 is 0 Å². The number of nitrogens with zero attached hydrogens (tertiary/aromatic N) is 3. The SMILES string of the molecule is CN=C(NCCC1CCN(C)CC1)N1CCSC2(CCCCC2)C1. The van der Waals surface area contributed by atoms with E-state index in [1.165, 1.54) is 76.8 Å². The molecule has 3 fully saturated rings. The fraction of sp³-hybridized carbons (Fsp3) is 0.947. The molecule has 0 aromatic rings. The van der Waals surface area contributed by atoms with Crippen LogP contribution in [-0.4, -0.2) is 73.1 Å². The van der Waals surface area contributed by atoms with Crippen molar-refractivity contribution in [1.29, 1.82) is 0 Å². The number of thioether (sulfide) groups is 1. The van der Waals surface area contributed by atoms with Gasteiger partial charge in [-0.15, -0.1) is 0 Å². The topological polar surface area (TPSA) is 30.9 Å². The van der Waals surface area contributed by atoms with Crippen LogP contribution in [0.2, 0.25) is 0 Å². The Balaban J connectivity index is 1.45. The molecule has 24 heavy (non-hydrogen) atoms. The van der Waals surface area contributed by atoms with Gasteiger partial charge in [-0.25, -0.2) is 0 Å². The molecule has 0 aromatic carbocycles. The van der Waals surface area contributed by atoms with Crippen LogP contribution < -0.4 is 5.32 Å². The van der Waals surface area contributed by atoms with Crippen molar-refractivity contribution in [2.24, 2.45) is 10.9 Å². The Morgan fingerprint density at radius 2 is 1.92 bits per heavy atom. The van der Waals surface area contributed by atoms with Crippen LogP contribution in [0.25, 0.3) is 0 Å². The van der Waals surface area contributed by atoms with Gasteiger partial charge in [-0.05, 0) is 58.2 Å². The van der Waals surface area contributed by atoms with Crippen molar-refractivity contribution >= 4 is 17.7 Å². The maximum absolute atomic E-state index is 4.60. The van der Waals surface area contributed by atoms with Crippen molar-refractivity contribution in [3.05, 3.63) is 0 Å². The maximum Gasteiger partial charge on any atom is 0.193 e. The van der Waals surface area contributed by atoms with Gasteiger partial charge in [0.15, 0.2) is 5.96 Å². The molecular weight excluding hydrogens is 316 g/mol. The zero-order chi connectivity index (χ0) is 16.8. The van der Waals surface area contributed by atoms with E-state index in [1.807, 2.05) is 7.05 Å². The predicted molar refractivity (Wildman–Crippen MR) is 106 cm³/mol. The lowest BCUT2D eigenvalue weighted by molar-refractivity contribution is 0.212.